The van der Waals surface area contributed by atoms with Crippen molar-refractivity contribution in [3.63, 3.8) is 0 Å². The molecule has 0 unspecified atom stereocenters. The minimum Gasteiger partial charge on any atom is -0.462 e. The van der Waals surface area contributed by atoms with Gasteiger partial charge in [-0.15, -0.1) is 0 Å². The van der Waals surface area contributed by atoms with Crippen LogP contribution in [-0.4, -0.2) is 69.3 Å². The minimum atomic E-state index is -0.246. The zero-order valence-corrected chi connectivity index (χ0v) is 24.9. The number of hydrogen-bond donors (Lipinski definition) is 0. The number of esters is 1. The van der Waals surface area contributed by atoms with Gasteiger partial charge in [0.05, 0.1) is 11.3 Å². The second kappa shape index (κ2) is 13.5. The Labute approximate surface area is 240 Å². The highest BCUT2D eigenvalue weighted by Crippen LogP contribution is 2.34. The first-order chi connectivity index (χ1) is 18.6. The van der Waals surface area contributed by atoms with Gasteiger partial charge in [-0.05, 0) is 56.3 Å². The number of hydrogen-bond acceptors (Lipinski definition) is 8. The zero-order chi connectivity index (χ0) is 26.3. The van der Waals surface area contributed by atoms with Gasteiger partial charge >= 0.3 is 5.97 Å². The van der Waals surface area contributed by atoms with Crippen LogP contribution in [0.3, 0.4) is 0 Å². The number of fused-ring (bicyclic) bond motifs is 1. The topological polar surface area (TPSA) is 48.9 Å². The van der Waals surface area contributed by atoms with Gasteiger partial charge in [0.15, 0.2) is 0 Å². The van der Waals surface area contributed by atoms with Gasteiger partial charge in [-0.3, -0.25) is 0 Å². The Bertz CT molecular complexity index is 1100. The van der Waals surface area contributed by atoms with E-state index in [9.17, 15) is 4.79 Å². The number of benzene rings is 1. The predicted molar refractivity (Wildman–Crippen MR) is 164 cm³/mol. The van der Waals surface area contributed by atoms with Crippen molar-refractivity contribution in [2.75, 3.05) is 37.7 Å². The van der Waals surface area contributed by atoms with E-state index in [0.717, 1.165) is 36.3 Å². The van der Waals surface area contributed by atoms with Crippen molar-refractivity contribution < 1.29 is 9.53 Å². The molecule has 9 heteroatoms. The minimum absolute atomic E-state index is 0.246. The van der Waals surface area contributed by atoms with Crippen molar-refractivity contribution in [1.82, 2.24) is 14.2 Å². The van der Waals surface area contributed by atoms with Crippen LogP contribution >= 0.6 is 35.5 Å². The number of anilines is 1. The van der Waals surface area contributed by atoms with Gasteiger partial charge in [0, 0.05) is 49.8 Å². The van der Waals surface area contributed by atoms with Gasteiger partial charge < -0.3 is 19.4 Å². The van der Waals surface area contributed by atoms with E-state index in [-0.39, 0.29) is 5.97 Å². The monoisotopic (exact) mass is 572 g/mol. The average Bonchev–Trinajstić information content (AvgIpc) is 3.40. The number of carbonyl (C=O) groups is 1. The molecular formula is C29H40N4O2S3. The molecule has 1 aromatic heterocycles. The first-order valence-corrected chi connectivity index (χ1v) is 16.4. The normalized spacial score (nSPS) is 20.1. The highest BCUT2D eigenvalue weighted by atomic mass is 32.2. The summed E-state index contributed by atoms with van der Waals surface area (Å²) >= 11 is 8.91. The summed E-state index contributed by atoms with van der Waals surface area (Å²) < 4.78 is 12.3. The van der Waals surface area contributed by atoms with Crippen LogP contribution in [0.4, 0.5) is 5.82 Å². The predicted octanol–water partition coefficient (Wildman–Crippen LogP) is 6.81. The lowest BCUT2D eigenvalue weighted by Gasteiger charge is -2.41. The number of thiocarbonyl (C=S) groups is 1. The van der Waals surface area contributed by atoms with Gasteiger partial charge in [0.1, 0.15) is 15.0 Å². The molecule has 38 heavy (non-hydrogen) atoms. The molecule has 0 bridgehead atoms. The van der Waals surface area contributed by atoms with Crippen molar-refractivity contribution in [3.8, 4) is 0 Å². The van der Waals surface area contributed by atoms with Crippen LogP contribution < -0.4 is 4.90 Å². The van der Waals surface area contributed by atoms with Crippen molar-refractivity contribution in [3.05, 3.63) is 35.4 Å². The van der Waals surface area contributed by atoms with Crippen LogP contribution in [0.2, 0.25) is 0 Å². The molecule has 0 amide bonds. The molecule has 6 nitrogen and oxygen atoms in total. The molecule has 1 aliphatic heterocycles. The van der Waals surface area contributed by atoms with E-state index in [1.54, 1.807) is 11.5 Å². The van der Waals surface area contributed by atoms with Crippen LogP contribution in [0.15, 0.2) is 35.4 Å². The van der Waals surface area contributed by atoms with Gasteiger partial charge in [0.2, 0.25) is 0 Å². The standard InChI is InChI=1S/C29H40N4O2S3/c1-2-35-28(34)26(21-33(22-11-5-3-6-12-22)23-13-7-4-8-14-23)37-29(36)32-19-17-31(18-20-32)27-24-15-9-10-16-25(24)38-30-27/h9-10,15-16,21-23H,2-8,11-14,17-20H2,1H3/b26-21-. The molecule has 1 aromatic carbocycles. The van der Waals surface area contributed by atoms with Crippen molar-refractivity contribution in [1.29, 1.82) is 0 Å². The van der Waals surface area contributed by atoms with E-state index in [1.165, 1.54) is 86.1 Å². The zero-order valence-electron chi connectivity index (χ0n) is 22.5. The van der Waals surface area contributed by atoms with E-state index < -0.39 is 0 Å². The molecule has 1 saturated heterocycles. The second-order valence-corrected chi connectivity index (χ2v) is 13.1. The number of nitrogens with zero attached hydrogens (tertiary/aromatic N) is 4. The van der Waals surface area contributed by atoms with Crippen LogP contribution in [0, 0.1) is 0 Å². The maximum Gasteiger partial charge on any atom is 0.346 e. The summed E-state index contributed by atoms with van der Waals surface area (Å²) in [5.41, 5.74) is 0. The average molecular weight is 573 g/mol. The first kappa shape index (κ1) is 27.7. The van der Waals surface area contributed by atoms with E-state index in [0.29, 0.717) is 23.6 Å². The Balaban J connectivity index is 1.28. The molecule has 3 fully saturated rings. The first-order valence-electron chi connectivity index (χ1n) is 14.4. The molecule has 0 spiro atoms. The van der Waals surface area contributed by atoms with Gasteiger partial charge in [0.25, 0.3) is 0 Å². The summed E-state index contributed by atoms with van der Waals surface area (Å²) in [4.78, 5) is 20.9. The largest absolute Gasteiger partial charge is 0.462 e. The third-order valence-corrected chi connectivity index (χ3v) is 10.4. The molecule has 2 aromatic rings. The Morgan fingerprint density at radius 3 is 2.32 bits per heavy atom. The van der Waals surface area contributed by atoms with Gasteiger partial charge in [-0.1, -0.05) is 74.6 Å². The van der Waals surface area contributed by atoms with Gasteiger partial charge in [-0.25, -0.2) is 4.79 Å². The third-order valence-electron chi connectivity index (χ3n) is 8.13. The molecule has 2 aliphatic carbocycles. The number of carbonyl (C=O) groups excluding carboxylic acids is 1. The second-order valence-electron chi connectivity index (χ2n) is 10.6. The molecule has 2 heterocycles. The number of ether oxygens (including phenoxy) is 1. The highest BCUT2D eigenvalue weighted by molar-refractivity contribution is 8.25. The third kappa shape index (κ3) is 6.65. The fourth-order valence-electron chi connectivity index (χ4n) is 6.09. The number of aromatic nitrogens is 1. The van der Waals surface area contributed by atoms with Crippen molar-refractivity contribution >= 4 is 61.7 Å². The number of rotatable bonds is 7. The Kier molecular flexibility index (Phi) is 9.84. The Morgan fingerprint density at radius 1 is 1.05 bits per heavy atom. The molecule has 5 rings (SSSR count). The van der Waals surface area contributed by atoms with E-state index in [4.69, 9.17) is 21.3 Å². The van der Waals surface area contributed by atoms with Crippen molar-refractivity contribution in [2.45, 2.75) is 83.2 Å². The molecular weight excluding hydrogens is 533 g/mol. The van der Waals surface area contributed by atoms with E-state index in [1.807, 2.05) is 6.92 Å². The van der Waals surface area contributed by atoms with Crippen molar-refractivity contribution in [2.24, 2.45) is 0 Å². The molecule has 0 N–H and O–H groups in total. The fourth-order valence-corrected chi connectivity index (χ4v) is 8.15. The fraction of sp³-hybridized carbons (Fsp3) is 0.621. The molecule has 3 aliphatic rings. The van der Waals surface area contributed by atoms with Gasteiger partial charge in [-0.2, -0.15) is 4.37 Å². The SMILES string of the molecule is CCOC(=O)/C(=C/N(C1CCCCC1)C1CCCCC1)SC(=S)N1CCN(c2nsc3ccccc23)CC1. The smallest absolute Gasteiger partial charge is 0.346 e. The molecule has 0 atom stereocenters. The summed E-state index contributed by atoms with van der Waals surface area (Å²) in [7, 11) is 0. The quantitative estimate of drug-likeness (QED) is 0.204. The van der Waals surface area contributed by atoms with Crippen LogP contribution in [0.25, 0.3) is 10.1 Å². The maximum absolute atomic E-state index is 13.2. The highest BCUT2D eigenvalue weighted by Gasteiger charge is 2.30. The summed E-state index contributed by atoms with van der Waals surface area (Å²) in [5.74, 6) is 0.829. The van der Waals surface area contributed by atoms with Crippen LogP contribution in [0.5, 0.6) is 0 Å². The lowest BCUT2D eigenvalue weighted by Crippen LogP contribution is -2.48. The summed E-state index contributed by atoms with van der Waals surface area (Å²) in [5, 5.41) is 1.22. The van der Waals surface area contributed by atoms with Crippen LogP contribution in [-0.2, 0) is 9.53 Å². The Hall–Kier alpha value is -1.84. The lowest BCUT2D eigenvalue weighted by atomic mass is 9.89. The molecule has 2 saturated carbocycles. The number of piperazine rings is 1. The molecule has 206 valence electrons. The lowest BCUT2D eigenvalue weighted by molar-refractivity contribution is -0.137. The number of thioether (sulfide) groups is 1. The maximum atomic E-state index is 13.2. The summed E-state index contributed by atoms with van der Waals surface area (Å²) in [6.07, 6.45) is 14.8. The molecule has 0 radical (unpaired) electrons. The summed E-state index contributed by atoms with van der Waals surface area (Å²) in [6, 6.07) is 9.46. The Morgan fingerprint density at radius 2 is 1.68 bits per heavy atom. The van der Waals surface area contributed by atoms with Crippen LogP contribution in [0.1, 0.15) is 71.1 Å². The van der Waals surface area contributed by atoms with E-state index in [2.05, 4.69) is 45.2 Å². The summed E-state index contributed by atoms with van der Waals surface area (Å²) in [6.45, 7) is 5.62. The van der Waals surface area contributed by atoms with E-state index >= 15 is 0 Å².